The number of H-pyrrole nitrogens is 2. The lowest BCUT2D eigenvalue weighted by Crippen LogP contribution is -1.86. The van der Waals surface area contributed by atoms with Crippen molar-refractivity contribution in [2.24, 2.45) is 0 Å². The van der Waals surface area contributed by atoms with Crippen LogP contribution in [0.4, 0.5) is 0 Å². The molecule has 0 saturated heterocycles. The van der Waals surface area contributed by atoms with Crippen LogP contribution in [0.25, 0.3) is 55.6 Å². The molecule has 0 amide bonds. The molecular weight excluding hydrogens is 402 g/mol. The number of pyridine rings is 2. The van der Waals surface area contributed by atoms with E-state index in [4.69, 9.17) is 0 Å². The highest BCUT2D eigenvalue weighted by atomic mass is 32.1. The van der Waals surface area contributed by atoms with Crippen LogP contribution in [-0.4, -0.2) is 25.1 Å². The smallest absolute Gasteiger partial charge is 0.138 e. The first-order valence-electron chi connectivity index (χ1n) is 10.2. The maximum atomic E-state index is 4.62. The fourth-order valence-corrected chi connectivity index (χ4v) is 4.72. The fourth-order valence-electron chi connectivity index (χ4n) is 4.06. The van der Waals surface area contributed by atoms with Crippen LogP contribution < -0.4 is 0 Å². The average Bonchev–Trinajstić information content (AvgIpc) is 3.57. The number of fused-ring (bicyclic) bond motifs is 2. The van der Waals surface area contributed by atoms with Gasteiger partial charge >= 0.3 is 0 Å². The molecule has 5 heterocycles. The van der Waals surface area contributed by atoms with Gasteiger partial charge in [-0.15, -0.1) is 0 Å². The monoisotopic (exact) mass is 421 g/mol. The lowest BCUT2D eigenvalue weighted by molar-refractivity contribution is 1.10. The van der Waals surface area contributed by atoms with E-state index < -0.39 is 0 Å². The molecule has 0 aliphatic carbocycles. The zero-order chi connectivity index (χ0) is 20.8. The molecule has 0 saturated carbocycles. The summed E-state index contributed by atoms with van der Waals surface area (Å²) in [5, 5.41) is 14.2. The van der Waals surface area contributed by atoms with Crippen molar-refractivity contribution >= 4 is 33.3 Å². The van der Waals surface area contributed by atoms with Gasteiger partial charge in [-0.2, -0.15) is 16.4 Å². The summed E-state index contributed by atoms with van der Waals surface area (Å²) in [6.07, 6.45) is 6.66. The minimum atomic E-state index is 0.867. The van der Waals surface area contributed by atoms with Gasteiger partial charge in [-0.05, 0) is 75.8 Å². The zero-order valence-electron chi connectivity index (χ0n) is 16.9. The minimum Gasteiger partial charge on any atom is -0.338 e. The van der Waals surface area contributed by atoms with E-state index in [0.717, 1.165) is 50.9 Å². The molecule has 0 aliphatic rings. The largest absolute Gasteiger partial charge is 0.338 e. The number of hydrogen-bond donors (Lipinski definition) is 2. The van der Waals surface area contributed by atoms with Gasteiger partial charge in [-0.25, -0.2) is 4.98 Å². The van der Waals surface area contributed by atoms with Crippen LogP contribution in [0.3, 0.4) is 0 Å². The lowest BCUT2D eigenvalue weighted by Gasteiger charge is -2.04. The molecule has 0 unspecified atom stereocenters. The van der Waals surface area contributed by atoms with Gasteiger partial charge in [-0.1, -0.05) is 13.0 Å². The van der Waals surface area contributed by atoms with Gasteiger partial charge in [0.2, 0.25) is 0 Å². The molecule has 0 bridgehead atoms. The van der Waals surface area contributed by atoms with Crippen molar-refractivity contribution in [1.29, 1.82) is 0 Å². The highest BCUT2D eigenvalue weighted by molar-refractivity contribution is 7.08. The molecule has 0 fully saturated rings. The fraction of sp³-hybridized carbons (Fsp3) is 0.0800. The topological polar surface area (TPSA) is 70.2 Å². The Hall–Kier alpha value is -3.77. The molecule has 0 aliphatic heterocycles. The summed E-state index contributed by atoms with van der Waals surface area (Å²) in [6, 6.07) is 14.9. The minimum absolute atomic E-state index is 0.867. The Balaban J connectivity index is 1.50. The quantitative estimate of drug-likeness (QED) is 0.343. The van der Waals surface area contributed by atoms with Crippen molar-refractivity contribution in [3.63, 3.8) is 0 Å². The van der Waals surface area contributed by atoms with Gasteiger partial charge in [-0.3, -0.25) is 10.1 Å². The van der Waals surface area contributed by atoms with Crippen molar-refractivity contribution in [2.45, 2.75) is 13.3 Å². The predicted octanol–water partition coefficient (Wildman–Crippen LogP) is 6.46. The molecule has 0 radical (unpaired) electrons. The molecule has 5 aromatic heterocycles. The van der Waals surface area contributed by atoms with E-state index in [1.165, 1.54) is 16.7 Å². The number of hydrogen-bond acceptors (Lipinski definition) is 4. The summed E-state index contributed by atoms with van der Waals surface area (Å²) >= 11 is 1.70. The van der Waals surface area contributed by atoms with Crippen LogP contribution in [0.15, 0.2) is 71.8 Å². The van der Waals surface area contributed by atoms with E-state index in [0.29, 0.717) is 0 Å². The number of nitrogens with one attached hydrogen (secondary N) is 2. The molecule has 31 heavy (non-hydrogen) atoms. The highest BCUT2D eigenvalue weighted by Gasteiger charge is 2.15. The summed E-state index contributed by atoms with van der Waals surface area (Å²) in [6.45, 7) is 2.15. The van der Waals surface area contributed by atoms with Crippen LogP contribution in [0.5, 0.6) is 0 Å². The third kappa shape index (κ3) is 3.04. The Labute approximate surface area is 182 Å². The molecular formula is C25H19N5S. The zero-order valence-corrected chi connectivity index (χ0v) is 17.7. The van der Waals surface area contributed by atoms with E-state index in [1.807, 2.05) is 18.6 Å². The second-order valence-electron chi connectivity index (χ2n) is 7.58. The van der Waals surface area contributed by atoms with Crippen LogP contribution >= 0.6 is 11.3 Å². The molecule has 2 N–H and O–H groups in total. The Bertz CT molecular complexity index is 1520. The van der Waals surface area contributed by atoms with Crippen molar-refractivity contribution in [2.75, 3.05) is 0 Å². The number of aryl methyl sites for hydroxylation is 1. The lowest BCUT2D eigenvalue weighted by atomic mass is 10.0. The summed E-state index contributed by atoms with van der Waals surface area (Å²) in [4.78, 5) is 12.4. The van der Waals surface area contributed by atoms with Crippen LogP contribution in [0, 0.1) is 0 Å². The van der Waals surface area contributed by atoms with E-state index in [1.54, 1.807) is 11.3 Å². The molecule has 0 atom stereocenters. The first-order chi connectivity index (χ1) is 15.3. The van der Waals surface area contributed by atoms with Gasteiger partial charge in [0.25, 0.3) is 0 Å². The predicted molar refractivity (Wildman–Crippen MR) is 127 cm³/mol. The Kier molecular flexibility index (Phi) is 4.18. The first kappa shape index (κ1) is 18.0. The van der Waals surface area contributed by atoms with Gasteiger partial charge < -0.3 is 4.98 Å². The standard InChI is InChI=1S/C25H19N5S/c1-2-15-9-18(13-26-12-15)16-3-4-22-21(10-16)24(30-29-22)23-11-20-19(17-6-8-31-14-17)5-7-27-25(20)28-23/h3-14H,2H2,1H3,(H,27,28)(H,29,30). The van der Waals surface area contributed by atoms with Gasteiger partial charge in [0.05, 0.1) is 11.2 Å². The number of benzene rings is 1. The van der Waals surface area contributed by atoms with E-state index in [2.05, 4.69) is 85.3 Å². The maximum absolute atomic E-state index is 4.62. The number of rotatable bonds is 4. The molecule has 6 rings (SSSR count). The Morgan fingerprint density at radius 3 is 2.77 bits per heavy atom. The third-order valence-electron chi connectivity index (χ3n) is 5.72. The van der Waals surface area contributed by atoms with Crippen LogP contribution in [0.1, 0.15) is 12.5 Å². The molecule has 0 spiro atoms. The number of nitrogens with zero attached hydrogens (tertiary/aromatic N) is 3. The highest BCUT2D eigenvalue weighted by Crippen LogP contribution is 2.35. The third-order valence-corrected chi connectivity index (χ3v) is 6.40. The Morgan fingerprint density at radius 1 is 0.935 bits per heavy atom. The summed E-state index contributed by atoms with van der Waals surface area (Å²) in [7, 11) is 0. The molecule has 6 heteroatoms. The number of aromatic nitrogens is 5. The van der Waals surface area contributed by atoms with E-state index in [9.17, 15) is 0 Å². The molecule has 5 nitrogen and oxygen atoms in total. The van der Waals surface area contributed by atoms with Crippen LogP contribution in [0.2, 0.25) is 0 Å². The number of thiophene rings is 1. The van der Waals surface area contributed by atoms with Gasteiger partial charge in [0.1, 0.15) is 11.3 Å². The molecule has 1 aromatic carbocycles. The van der Waals surface area contributed by atoms with Gasteiger partial charge in [0.15, 0.2) is 0 Å². The molecule has 150 valence electrons. The second-order valence-corrected chi connectivity index (χ2v) is 8.36. The second kappa shape index (κ2) is 7.18. The summed E-state index contributed by atoms with van der Waals surface area (Å²) < 4.78 is 0. The Morgan fingerprint density at radius 2 is 1.90 bits per heavy atom. The van der Waals surface area contributed by atoms with Crippen molar-refractivity contribution in [3.8, 4) is 33.6 Å². The number of aromatic amines is 2. The van der Waals surface area contributed by atoms with Crippen molar-refractivity contribution < 1.29 is 0 Å². The SMILES string of the molecule is CCc1cncc(-c2ccc3[nH]nc(-c4cc5c(-c6ccsc6)ccnc5[nH]4)c3c2)c1. The molecule has 6 aromatic rings. The van der Waals surface area contributed by atoms with Crippen molar-refractivity contribution in [1.82, 2.24) is 25.1 Å². The van der Waals surface area contributed by atoms with E-state index >= 15 is 0 Å². The maximum Gasteiger partial charge on any atom is 0.138 e. The summed E-state index contributed by atoms with van der Waals surface area (Å²) in [5.41, 5.74) is 9.58. The van der Waals surface area contributed by atoms with Gasteiger partial charge in [0, 0.05) is 34.9 Å². The van der Waals surface area contributed by atoms with Crippen LogP contribution in [-0.2, 0) is 6.42 Å². The van der Waals surface area contributed by atoms with E-state index in [-0.39, 0.29) is 0 Å². The van der Waals surface area contributed by atoms with Crippen molar-refractivity contribution in [3.05, 3.63) is 77.4 Å². The average molecular weight is 422 g/mol. The normalized spacial score (nSPS) is 11.5. The summed E-state index contributed by atoms with van der Waals surface area (Å²) in [5.74, 6) is 0. The first-order valence-corrected chi connectivity index (χ1v) is 11.2.